The van der Waals surface area contributed by atoms with E-state index in [4.69, 9.17) is 5.11 Å². The molecule has 0 aliphatic heterocycles. The molecule has 1 aliphatic carbocycles. The van der Waals surface area contributed by atoms with Crippen LogP contribution in [0.1, 0.15) is 54.7 Å². The van der Waals surface area contributed by atoms with Gasteiger partial charge in [-0.3, -0.25) is 0 Å². The summed E-state index contributed by atoms with van der Waals surface area (Å²) in [6.07, 6.45) is 10.2. The van der Waals surface area contributed by atoms with Crippen LogP contribution in [0.2, 0.25) is 0 Å². The molecule has 1 aliphatic rings. The Morgan fingerprint density at radius 2 is 2.05 bits per heavy atom. The molecule has 0 radical (unpaired) electrons. The number of imidazole rings is 1. The molecule has 0 atom stereocenters. The van der Waals surface area contributed by atoms with Gasteiger partial charge in [-0.2, -0.15) is 0 Å². The molecule has 1 saturated carbocycles. The van der Waals surface area contributed by atoms with Crippen molar-refractivity contribution in [1.29, 1.82) is 0 Å². The van der Waals surface area contributed by atoms with Crippen LogP contribution in [0.3, 0.4) is 0 Å². The molecule has 2 aromatic heterocycles. The molecule has 106 valence electrons. The summed E-state index contributed by atoms with van der Waals surface area (Å²) in [5.74, 6) is 0.665. The van der Waals surface area contributed by atoms with Crippen LogP contribution in [-0.4, -0.2) is 26.0 Å². The lowest BCUT2D eigenvalue weighted by molar-refractivity contribution is 0.0696. The number of aromatic amines is 1. The number of carboxylic acids is 1. The Balaban J connectivity index is 1.79. The van der Waals surface area contributed by atoms with Gasteiger partial charge in [-0.15, -0.1) is 0 Å². The first-order valence-electron chi connectivity index (χ1n) is 7.30. The molecule has 2 N–H and O–H groups in total. The van der Waals surface area contributed by atoms with Crippen LogP contribution < -0.4 is 0 Å². The van der Waals surface area contributed by atoms with E-state index in [9.17, 15) is 4.79 Å². The van der Waals surface area contributed by atoms with E-state index in [1.165, 1.54) is 44.7 Å². The molecule has 0 unspecified atom stereocenters. The molecular weight excluding hydrogens is 254 g/mol. The minimum absolute atomic E-state index is 0.196. The van der Waals surface area contributed by atoms with Crippen LogP contribution in [-0.2, 0) is 6.42 Å². The predicted molar refractivity (Wildman–Crippen MR) is 75.7 cm³/mol. The Morgan fingerprint density at radius 1 is 1.30 bits per heavy atom. The molecule has 0 saturated heterocycles. The fraction of sp³-hybridized carbons (Fsp3) is 0.533. The van der Waals surface area contributed by atoms with Crippen molar-refractivity contribution in [3.05, 3.63) is 23.7 Å². The topological polar surface area (TPSA) is 78.9 Å². The monoisotopic (exact) mass is 273 g/mol. The summed E-state index contributed by atoms with van der Waals surface area (Å²) in [4.78, 5) is 22.7. The number of rotatable bonds is 3. The van der Waals surface area contributed by atoms with E-state index in [2.05, 4.69) is 15.0 Å². The van der Waals surface area contributed by atoms with Crippen LogP contribution in [0, 0.1) is 5.92 Å². The lowest BCUT2D eigenvalue weighted by Crippen LogP contribution is -2.04. The molecule has 0 spiro atoms. The van der Waals surface area contributed by atoms with E-state index in [0.717, 1.165) is 12.2 Å². The second-order valence-corrected chi connectivity index (χ2v) is 5.65. The van der Waals surface area contributed by atoms with Crippen molar-refractivity contribution in [3.63, 3.8) is 0 Å². The number of carbonyl (C=O) groups is 1. The third-order valence-corrected chi connectivity index (χ3v) is 4.09. The Morgan fingerprint density at radius 3 is 2.75 bits per heavy atom. The molecule has 0 bridgehead atoms. The SMILES string of the molecule is O=C(O)c1cnc2nc(CC3CCCCCC3)[nH]c2c1. The third kappa shape index (κ3) is 2.81. The Bertz CT molecular complexity index is 613. The van der Waals surface area contributed by atoms with E-state index in [-0.39, 0.29) is 5.56 Å². The van der Waals surface area contributed by atoms with E-state index in [1.807, 2.05) is 0 Å². The highest BCUT2D eigenvalue weighted by atomic mass is 16.4. The minimum Gasteiger partial charge on any atom is -0.478 e. The second-order valence-electron chi connectivity index (χ2n) is 5.65. The average molecular weight is 273 g/mol. The zero-order valence-corrected chi connectivity index (χ0v) is 11.4. The smallest absolute Gasteiger partial charge is 0.337 e. The van der Waals surface area contributed by atoms with Gasteiger partial charge in [0, 0.05) is 12.6 Å². The highest BCUT2D eigenvalue weighted by molar-refractivity contribution is 5.90. The standard InChI is InChI=1S/C15H19N3O2/c19-15(20)11-8-12-14(16-9-11)18-13(17-12)7-10-5-3-1-2-4-6-10/h8-10H,1-7H2,(H,19,20)(H,16,17,18). The zero-order chi connectivity index (χ0) is 13.9. The fourth-order valence-electron chi connectivity index (χ4n) is 3.00. The van der Waals surface area contributed by atoms with Gasteiger partial charge in [0.25, 0.3) is 0 Å². The van der Waals surface area contributed by atoms with E-state index in [0.29, 0.717) is 17.1 Å². The molecule has 2 heterocycles. The van der Waals surface area contributed by atoms with Crippen molar-refractivity contribution in [3.8, 4) is 0 Å². The number of aromatic nitrogens is 3. The minimum atomic E-state index is -0.959. The van der Waals surface area contributed by atoms with Gasteiger partial charge in [0.15, 0.2) is 5.65 Å². The first-order chi connectivity index (χ1) is 9.72. The predicted octanol–water partition coefficient (Wildman–Crippen LogP) is 3.17. The maximum atomic E-state index is 10.9. The normalized spacial score (nSPS) is 17.2. The highest BCUT2D eigenvalue weighted by Crippen LogP contribution is 2.25. The zero-order valence-electron chi connectivity index (χ0n) is 11.4. The number of nitrogens with one attached hydrogen (secondary N) is 1. The van der Waals surface area contributed by atoms with E-state index in [1.54, 1.807) is 6.07 Å². The molecule has 5 heteroatoms. The van der Waals surface area contributed by atoms with Gasteiger partial charge in [0.05, 0.1) is 11.1 Å². The number of hydrogen-bond donors (Lipinski definition) is 2. The number of fused-ring (bicyclic) bond motifs is 1. The molecule has 2 aromatic rings. The fourth-order valence-corrected chi connectivity index (χ4v) is 3.00. The van der Waals surface area contributed by atoms with Crippen LogP contribution in [0.5, 0.6) is 0 Å². The van der Waals surface area contributed by atoms with E-state index >= 15 is 0 Å². The van der Waals surface area contributed by atoms with Crippen molar-refractivity contribution in [1.82, 2.24) is 15.0 Å². The number of hydrogen-bond acceptors (Lipinski definition) is 3. The first kappa shape index (κ1) is 13.1. The van der Waals surface area contributed by atoms with Gasteiger partial charge < -0.3 is 10.1 Å². The number of pyridine rings is 1. The molecule has 0 amide bonds. The molecule has 20 heavy (non-hydrogen) atoms. The third-order valence-electron chi connectivity index (χ3n) is 4.09. The molecule has 1 fully saturated rings. The average Bonchev–Trinajstić information content (AvgIpc) is 2.64. The van der Waals surface area contributed by atoms with Gasteiger partial charge in [0.2, 0.25) is 0 Å². The second kappa shape index (κ2) is 5.61. The van der Waals surface area contributed by atoms with Crippen molar-refractivity contribution >= 4 is 17.1 Å². The summed E-state index contributed by atoms with van der Waals surface area (Å²) >= 11 is 0. The van der Waals surface area contributed by atoms with E-state index < -0.39 is 5.97 Å². The number of nitrogens with zero attached hydrogens (tertiary/aromatic N) is 2. The molecule has 0 aromatic carbocycles. The van der Waals surface area contributed by atoms with Crippen molar-refractivity contribution in [2.75, 3.05) is 0 Å². The summed E-state index contributed by atoms with van der Waals surface area (Å²) in [6, 6.07) is 1.61. The summed E-state index contributed by atoms with van der Waals surface area (Å²) < 4.78 is 0. The van der Waals surface area contributed by atoms with Crippen LogP contribution >= 0.6 is 0 Å². The van der Waals surface area contributed by atoms with Gasteiger partial charge >= 0.3 is 5.97 Å². The van der Waals surface area contributed by atoms with Gasteiger partial charge in [-0.05, 0) is 12.0 Å². The quantitative estimate of drug-likeness (QED) is 0.842. The van der Waals surface area contributed by atoms with Crippen molar-refractivity contribution in [2.45, 2.75) is 44.9 Å². The molecule has 5 nitrogen and oxygen atoms in total. The maximum absolute atomic E-state index is 10.9. The van der Waals surface area contributed by atoms with Crippen LogP contribution in [0.25, 0.3) is 11.2 Å². The van der Waals surface area contributed by atoms with Gasteiger partial charge in [-0.1, -0.05) is 38.5 Å². The Kier molecular flexibility index (Phi) is 3.67. The number of carboxylic acid groups (broad SMARTS) is 1. The summed E-state index contributed by atoms with van der Waals surface area (Å²) in [6.45, 7) is 0. The Labute approximate surface area is 117 Å². The molecular formula is C15H19N3O2. The van der Waals surface area contributed by atoms with Crippen LogP contribution in [0.15, 0.2) is 12.3 Å². The Hall–Kier alpha value is -1.91. The van der Waals surface area contributed by atoms with Crippen molar-refractivity contribution in [2.24, 2.45) is 5.92 Å². The van der Waals surface area contributed by atoms with Gasteiger partial charge in [0.1, 0.15) is 5.82 Å². The highest BCUT2D eigenvalue weighted by Gasteiger charge is 2.15. The summed E-state index contributed by atoms with van der Waals surface area (Å²) in [7, 11) is 0. The lowest BCUT2D eigenvalue weighted by atomic mass is 9.96. The summed E-state index contributed by atoms with van der Waals surface area (Å²) in [5, 5.41) is 8.97. The lowest BCUT2D eigenvalue weighted by Gasteiger charge is -2.11. The number of aromatic carboxylic acids is 1. The van der Waals surface area contributed by atoms with Gasteiger partial charge in [-0.25, -0.2) is 14.8 Å². The number of H-pyrrole nitrogens is 1. The van der Waals surface area contributed by atoms with Crippen LogP contribution in [0.4, 0.5) is 0 Å². The summed E-state index contributed by atoms with van der Waals surface area (Å²) in [5.41, 5.74) is 1.52. The molecule has 3 rings (SSSR count). The van der Waals surface area contributed by atoms with Crippen molar-refractivity contribution < 1.29 is 9.90 Å². The first-order valence-corrected chi connectivity index (χ1v) is 7.30. The largest absolute Gasteiger partial charge is 0.478 e. The maximum Gasteiger partial charge on any atom is 0.337 e.